The maximum atomic E-state index is 12.7. The van der Waals surface area contributed by atoms with Gasteiger partial charge in [-0.1, -0.05) is 0 Å². The number of nitrogens with zero attached hydrogens (tertiary/aromatic N) is 1. The van der Waals surface area contributed by atoms with E-state index < -0.39 is 10.0 Å². The molecule has 138 valence electrons. The van der Waals surface area contributed by atoms with E-state index in [-0.39, 0.29) is 10.8 Å². The molecule has 2 aromatic carbocycles. The van der Waals surface area contributed by atoms with Crippen LogP contribution in [0.1, 0.15) is 12.5 Å². The molecule has 0 saturated heterocycles. The van der Waals surface area contributed by atoms with Crippen molar-refractivity contribution in [2.45, 2.75) is 18.2 Å². The van der Waals surface area contributed by atoms with Crippen LogP contribution in [-0.2, 0) is 21.2 Å². The molecule has 0 aliphatic carbocycles. The van der Waals surface area contributed by atoms with Crippen LogP contribution in [0.3, 0.4) is 0 Å². The summed E-state index contributed by atoms with van der Waals surface area (Å²) >= 11 is 0. The SMILES string of the molecule is COc1cc(NS(=O)(=O)c2ccc3c(c2)CCN3C(C)=O)cc(OC)c1. The molecule has 2 aromatic rings. The highest BCUT2D eigenvalue weighted by atomic mass is 32.2. The second-order valence-electron chi connectivity index (χ2n) is 5.92. The Morgan fingerprint density at radius 1 is 1.08 bits per heavy atom. The van der Waals surface area contributed by atoms with Gasteiger partial charge in [-0.25, -0.2) is 8.42 Å². The van der Waals surface area contributed by atoms with Crippen molar-refractivity contribution >= 4 is 27.3 Å². The van der Waals surface area contributed by atoms with Gasteiger partial charge in [0.1, 0.15) is 11.5 Å². The fourth-order valence-corrected chi connectivity index (χ4v) is 4.04. The van der Waals surface area contributed by atoms with Crippen molar-refractivity contribution in [2.75, 3.05) is 30.4 Å². The lowest BCUT2D eigenvalue weighted by atomic mass is 10.2. The van der Waals surface area contributed by atoms with E-state index >= 15 is 0 Å². The summed E-state index contributed by atoms with van der Waals surface area (Å²) in [6.45, 7) is 2.06. The van der Waals surface area contributed by atoms with Gasteiger partial charge in [0, 0.05) is 37.4 Å². The molecule has 0 atom stereocenters. The van der Waals surface area contributed by atoms with Crippen molar-refractivity contribution in [3.63, 3.8) is 0 Å². The predicted molar refractivity (Wildman–Crippen MR) is 98.5 cm³/mol. The van der Waals surface area contributed by atoms with Crippen LogP contribution in [-0.4, -0.2) is 35.1 Å². The van der Waals surface area contributed by atoms with Crippen molar-refractivity contribution in [1.82, 2.24) is 0 Å². The van der Waals surface area contributed by atoms with Gasteiger partial charge in [0.25, 0.3) is 10.0 Å². The number of carbonyl (C=O) groups excluding carboxylic acids is 1. The summed E-state index contributed by atoms with van der Waals surface area (Å²) in [4.78, 5) is 13.4. The maximum absolute atomic E-state index is 12.7. The third kappa shape index (κ3) is 3.45. The molecular formula is C18H20N2O5S. The van der Waals surface area contributed by atoms with Crippen LogP contribution in [0.25, 0.3) is 0 Å². The van der Waals surface area contributed by atoms with Crippen molar-refractivity contribution in [1.29, 1.82) is 0 Å². The molecule has 1 N–H and O–H groups in total. The fraction of sp³-hybridized carbons (Fsp3) is 0.278. The van der Waals surface area contributed by atoms with E-state index in [0.29, 0.717) is 30.2 Å². The zero-order valence-corrected chi connectivity index (χ0v) is 15.6. The number of benzene rings is 2. The quantitative estimate of drug-likeness (QED) is 0.866. The van der Waals surface area contributed by atoms with Gasteiger partial charge in [0.05, 0.1) is 24.8 Å². The summed E-state index contributed by atoms with van der Waals surface area (Å²) in [6, 6.07) is 9.59. The van der Waals surface area contributed by atoms with E-state index in [1.807, 2.05) is 0 Å². The van der Waals surface area contributed by atoms with Crippen molar-refractivity contribution in [3.05, 3.63) is 42.0 Å². The van der Waals surface area contributed by atoms with Gasteiger partial charge in [-0.2, -0.15) is 0 Å². The number of ether oxygens (including phenoxy) is 2. The molecule has 26 heavy (non-hydrogen) atoms. The number of hydrogen-bond donors (Lipinski definition) is 1. The standard InChI is InChI=1S/C18H20N2O5S/c1-12(21)20-7-6-13-8-17(4-5-18(13)20)26(22,23)19-14-9-15(24-2)11-16(10-14)25-3/h4-5,8-11,19H,6-7H2,1-3H3. The molecule has 7 nitrogen and oxygen atoms in total. The molecule has 3 rings (SSSR count). The lowest BCUT2D eigenvalue weighted by Gasteiger charge is -2.15. The number of hydrogen-bond acceptors (Lipinski definition) is 5. The van der Waals surface area contributed by atoms with E-state index in [9.17, 15) is 13.2 Å². The molecule has 1 aliphatic rings. The monoisotopic (exact) mass is 376 g/mol. The molecule has 1 aliphatic heterocycles. The summed E-state index contributed by atoms with van der Waals surface area (Å²) in [7, 11) is -0.798. The number of sulfonamides is 1. The first-order chi connectivity index (χ1) is 12.3. The Morgan fingerprint density at radius 2 is 1.73 bits per heavy atom. The van der Waals surface area contributed by atoms with Gasteiger partial charge in [-0.05, 0) is 30.2 Å². The second-order valence-corrected chi connectivity index (χ2v) is 7.60. The summed E-state index contributed by atoms with van der Waals surface area (Å²) in [6.07, 6.45) is 0.630. The molecule has 0 saturated carbocycles. The summed E-state index contributed by atoms with van der Waals surface area (Å²) < 4.78 is 38.3. The third-order valence-corrected chi connectivity index (χ3v) is 5.62. The Balaban J connectivity index is 1.91. The normalized spacial score (nSPS) is 13.3. The van der Waals surface area contributed by atoms with Crippen molar-refractivity contribution in [3.8, 4) is 11.5 Å². The lowest BCUT2D eigenvalue weighted by Crippen LogP contribution is -2.25. The van der Waals surface area contributed by atoms with Crippen LogP contribution in [0.2, 0.25) is 0 Å². The number of nitrogens with one attached hydrogen (secondary N) is 1. The minimum Gasteiger partial charge on any atom is -0.497 e. The molecule has 1 amide bonds. The molecule has 8 heteroatoms. The Morgan fingerprint density at radius 3 is 2.31 bits per heavy atom. The first-order valence-corrected chi connectivity index (χ1v) is 9.49. The van der Waals surface area contributed by atoms with Crippen molar-refractivity contribution in [2.24, 2.45) is 0 Å². The number of methoxy groups -OCH3 is 2. The van der Waals surface area contributed by atoms with Gasteiger partial charge in [0.2, 0.25) is 5.91 Å². The smallest absolute Gasteiger partial charge is 0.261 e. The van der Waals surface area contributed by atoms with Crippen molar-refractivity contribution < 1.29 is 22.7 Å². The van der Waals surface area contributed by atoms with Gasteiger partial charge < -0.3 is 14.4 Å². The number of carbonyl (C=O) groups is 1. The molecular weight excluding hydrogens is 356 g/mol. The predicted octanol–water partition coefficient (Wildman–Crippen LogP) is 2.41. The molecule has 1 heterocycles. The molecule has 0 fully saturated rings. The van der Waals surface area contributed by atoms with E-state index in [4.69, 9.17) is 9.47 Å². The minimum absolute atomic E-state index is 0.0547. The fourth-order valence-electron chi connectivity index (χ4n) is 2.95. The lowest BCUT2D eigenvalue weighted by molar-refractivity contribution is -0.116. The minimum atomic E-state index is -3.79. The highest BCUT2D eigenvalue weighted by Gasteiger charge is 2.25. The Labute approximate surface area is 152 Å². The van der Waals surface area contributed by atoms with Crippen LogP contribution in [0.4, 0.5) is 11.4 Å². The molecule has 0 unspecified atom stereocenters. The first-order valence-electron chi connectivity index (χ1n) is 8.01. The van der Waals surface area contributed by atoms with Gasteiger partial charge in [-0.3, -0.25) is 9.52 Å². The van der Waals surface area contributed by atoms with Gasteiger partial charge in [0.15, 0.2) is 0 Å². The van der Waals surface area contributed by atoms with Crippen LogP contribution in [0, 0.1) is 0 Å². The van der Waals surface area contributed by atoms with Crippen LogP contribution < -0.4 is 19.1 Å². The Hall–Kier alpha value is -2.74. The van der Waals surface area contributed by atoms with Crippen LogP contribution in [0.5, 0.6) is 11.5 Å². The first kappa shape index (κ1) is 18.1. The summed E-state index contributed by atoms with van der Waals surface area (Å²) in [5.74, 6) is 0.905. The largest absolute Gasteiger partial charge is 0.497 e. The van der Waals surface area contributed by atoms with E-state index in [1.165, 1.54) is 27.2 Å². The molecule has 0 aromatic heterocycles. The molecule has 0 spiro atoms. The van der Waals surface area contributed by atoms with E-state index in [2.05, 4.69) is 4.72 Å². The zero-order valence-electron chi connectivity index (χ0n) is 14.8. The van der Waals surface area contributed by atoms with Gasteiger partial charge in [-0.15, -0.1) is 0 Å². The number of amides is 1. The number of fused-ring (bicyclic) bond motifs is 1. The highest BCUT2D eigenvalue weighted by molar-refractivity contribution is 7.92. The third-order valence-electron chi connectivity index (χ3n) is 4.24. The summed E-state index contributed by atoms with van der Waals surface area (Å²) in [5.41, 5.74) is 1.94. The van der Waals surface area contributed by atoms with E-state index in [1.54, 1.807) is 35.2 Å². The van der Waals surface area contributed by atoms with Crippen LogP contribution in [0.15, 0.2) is 41.3 Å². The maximum Gasteiger partial charge on any atom is 0.261 e. The zero-order chi connectivity index (χ0) is 18.9. The molecule has 0 radical (unpaired) electrons. The van der Waals surface area contributed by atoms with E-state index in [0.717, 1.165) is 11.3 Å². The average Bonchev–Trinajstić information content (AvgIpc) is 3.04. The topological polar surface area (TPSA) is 84.9 Å². The summed E-state index contributed by atoms with van der Waals surface area (Å²) in [5, 5.41) is 0. The van der Waals surface area contributed by atoms with Crippen LogP contribution >= 0.6 is 0 Å². The average molecular weight is 376 g/mol. The van der Waals surface area contributed by atoms with Gasteiger partial charge >= 0.3 is 0 Å². The Kier molecular flexibility index (Phi) is 4.78. The second kappa shape index (κ2) is 6.87. The highest BCUT2D eigenvalue weighted by Crippen LogP contribution is 2.32. The number of anilines is 2. The molecule has 0 bridgehead atoms. The number of rotatable bonds is 5. The Bertz CT molecular complexity index is 934.